The molecule has 3 aromatic rings. The van der Waals surface area contributed by atoms with Crippen molar-refractivity contribution < 1.29 is 28.2 Å². The van der Waals surface area contributed by atoms with Gasteiger partial charge >= 0.3 is 11.9 Å². The van der Waals surface area contributed by atoms with Crippen molar-refractivity contribution in [2.24, 2.45) is 0 Å². The van der Waals surface area contributed by atoms with Crippen LogP contribution in [0.3, 0.4) is 0 Å². The molecule has 0 fully saturated rings. The molecule has 0 atom stereocenters. The topological polar surface area (TPSA) is 61.8 Å². The highest BCUT2D eigenvalue weighted by atomic mass is 19.1. The molecule has 0 saturated carbocycles. The van der Waals surface area contributed by atoms with E-state index < -0.39 is 11.8 Å². The second-order valence-electron chi connectivity index (χ2n) is 10.4. The lowest BCUT2D eigenvalue weighted by molar-refractivity contribution is -0.137. The molecule has 0 saturated heterocycles. The Kier molecular flexibility index (Phi) is 14.3. The molecular weight excluding hydrogens is 531 g/mol. The van der Waals surface area contributed by atoms with E-state index in [-0.39, 0.29) is 11.7 Å². The molecule has 5 nitrogen and oxygen atoms in total. The fourth-order valence-corrected chi connectivity index (χ4v) is 4.57. The van der Waals surface area contributed by atoms with Crippen molar-refractivity contribution in [2.75, 3.05) is 13.2 Å². The van der Waals surface area contributed by atoms with Crippen LogP contribution in [0.1, 0.15) is 87.1 Å². The van der Waals surface area contributed by atoms with E-state index in [1.807, 2.05) is 42.5 Å². The summed E-state index contributed by atoms with van der Waals surface area (Å²) in [6, 6.07) is 19.7. The first-order chi connectivity index (χ1) is 20.5. The number of halogens is 1. The van der Waals surface area contributed by atoms with E-state index in [0.717, 1.165) is 67.4 Å². The van der Waals surface area contributed by atoms with Gasteiger partial charge in [0.15, 0.2) is 11.6 Å². The molecule has 42 heavy (non-hydrogen) atoms. The number of hydrogen-bond acceptors (Lipinski definition) is 5. The Bertz CT molecular complexity index is 1250. The summed E-state index contributed by atoms with van der Waals surface area (Å²) in [5.74, 6) is -0.755. The highest BCUT2D eigenvalue weighted by Crippen LogP contribution is 2.25. The van der Waals surface area contributed by atoms with Gasteiger partial charge in [0.1, 0.15) is 5.75 Å². The maximum atomic E-state index is 14.6. The molecule has 0 N–H and O–H groups in total. The summed E-state index contributed by atoms with van der Waals surface area (Å²) in [7, 11) is 0. The Morgan fingerprint density at radius 2 is 1.38 bits per heavy atom. The van der Waals surface area contributed by atoms with Crippen LogP contribution in [0.25, 0.3) is 11.1 Å². The predicted molar refractivity (Wildman–Crippen MR) is 165 cm³/mol. The third-order valence-electron chi connectivity index (χ3n) is 7.04. The molecule has 0 radical (unpaired) electrons. The lowest BCUT2D eigenvalue weighted by Crippen LogP contribution is -2.09. The van der Waals surface area contributed by atoms with Crippen LogP contribution < -0.4 is 9.47 Å². The Hall–Kier alpha value is -3.93. The number of rotatable bonds is 19. The molecule has 0 amide bonds. The van der Waals surface area contributed by atoms with Crippen LogP contribution in [0.5, 0.6) is 11.5 Å². The third-order valence-corrected chi connectivity index (χ3v) is 7.04. The van der Waals surface area contributed by atoms with E-state index in [9.17, 15) is 14.0 Å². The molecular formula is C36H43FO5. The number of ether oxygens (including phenoxy) is 3. The van der Waals surface area contributed by atoms with Crippen molar-refractivity contribution in [3.05, 3.63) is 96.3 Å². The van der Waals surface area contributed by atoms with E-state index in [4.69, 9.17) is 14.2 Å². The monoisotopic (exact) mass is 574 g/mol. The molecule has 0 bridgehead atoms. The molecule has 3 aromatic carbocycles. The van der Waals surface area contributed by atoms with E-state index >= 15 is 0 Å². The molecule has 0 unspecified atom stereocenters. The van der Waals surface area contributed by atoms with Gasteiger partial charge in [-0.3, -0.25) is 0 Å². The summed E-state index contributed by atoms with van der Waals surface area (Å²) < 4.78 is 30.8. The minimum Gasteiger partial charge on any atom is -0.494 e. The fourth-order valence-electron chi connectivity index (χ4n) is 4.57. The average Bonchev–Trinajstić information content (AvgIpc) is 3.01. The van der Waals surface area contributed by atoms with E-state index in [0.29, 0.717) is 18.8 Å². The Balaban J connectivity index is 1.40. The zero-order valence-corrected chi connectivity index (χ0v) is 24.7. The number of aryl methyl sites for hydroxylation is 1. The highest BCUT2D eigenvalue weighted by Gasteiger charge is 2.13. The van der Waals surface area contributed by atoms with Gasteiger partial charge in [0.2, 0.25) is 0 Å². The zero-order chi connectivity index (χ0) is 30.0. The van der Waals surface area contributed by atoms with Crippen LogP contribution in [-0.2, 0) is 16.0 Å². The molecule has 0 aliphatic heterocycles. The molecule has 224 valence electrons. The first-order valence-electron chi connectivity index (χ1n) is 15.1. The second-order valence-corrected chi connectivity index (χ2v) is 10.4. The van der Waals surface area contributed by atoms with E-state index in [1.54, 1.807) is 18.2 Å². The van der Waals surface area contributed by atoms with Crippen molar-refractivity contribution in [1.82, 2.24) is 0 Å². The third kappa shape index (κ3) is 11.5. The number of unbranched alkanes of at least 4 members (excludes halogenated alkanes) is 8. The van der Waals surface area contributed by atoms with Gasteiger partial charge in [0.25, 0.3) is 0 Å². The SMILES string of the molecule is C=CC(=O)OCCCCCCOc1ccc(-c2ccc(C(=O)Oc3ccc(CCCCCCCC)cc3F)cc2)cc1. The van der Waals surface area contributed by atoms with Crippen LogP contribution >= 0.6 is 0 Å². The molecule has 0 aromatic heterocycles. The highest BCUT2D eigenvalue weighted by molar-refractivity contribution is 5.91. The molecule has 0 heterocycles. The first-order valence-corrected chi connectivity index (χ1v) is 15.1. The summed E-state index contributed by atoms with van der Waals surface area (Å²) in [6.45, 7) is 6.61. The summed E-state index contributed by atoms with van der Waals surface area (Å²) in [5.41, 5.74) is 3.21. The van der Waals surface area contributed by atoms with Gasteiger partial charge in [-0.05, 0) is 91.6 Å². The minimum absolute atomic E-state index is 0.0552. The number of carbonyl (C=O) groups excluding carboxylic acids is 2. The van der Waals surface area contributed by atoms with Crippen LogP contribution in [0.2, 0.25) is 0 Å². The smallest absolute Gasteiger partial charge is 0.343 e. The number of esters is 2. The first kappa shape index (κ1) is 32.6. The van der Waals surface area contributed by atoms with Gasteiger partial charge in [-0.25, -0.2) is 14.0 Å². The maximum Gasteiger partial charge on any atom is 0.343 e. The van der Waals surface area contributed by atoms with Crippen LogP contribution in [0, 0.1) is 5.82 Å². The standard InChI is InChI=1S/C36H43FO5/c1-3-5-6-7-8-11-14-28-15-24-34(33(37)27-28)42-36(39)31-18-16-29(17-19-31)30-20-22-32(23-21-30)40-25-12-9-10-13-26-41-35(38)4-2/h4,15-24,27H,2-3,5-14,25-26H2,1H3. The predicted octanol–water partition coefficient (Wildman–Crippen LogP) is 9.28. The Labute approximate surface area is 249 Å². The van der Waals surface area contributed by atoms with Gasteiger partial charge in [0, 0.05) is 6.08 Å². The number of hydrogen-bond donors (Lipinski definition) is 0. The minimum atomic E-state index is -0.592. The lowest BCUT2D eigenvalue weighted by atomic mass is 10.0. The number of carbonyl (C=O) groups is 2. The summed E-state index contributed by atoms with van der Waals surface area (Å²) in [4.78, 5) is 23.6. The molecule has 0 aliphatic carbocycles. The fraction of sp³-hybridized carbons (Fsp3) is 0.389. The molecule has 6 heteroatoms. The Morgan fingerprint density at radius 1 is 0.762 bits per heavy atom. The van der Waals surface area contributed by atoms with Crippen molar-refractivity contribution >= 4 is 11.9 Å². The molecule has 0 spiro atoms. The van der Waals surface area contributed by atoms with Gasteiger partial charge in [-0.15, -0.1) is 0 Å². The van der Waals surface area contributed by atoms with Crippen molar-refractivity contribution in [3.63, 3.8) is 0 Å². The van der Waals surface area contributed by atoms with E-state index in [2.05, 4.69) is 13.5 Å². The van der Waals surface area contributed by atoms with Crippen molar-refractivity contribution in [2.45, 2.75) is 77.6 Å². The second kappa shape index (κ2) is 18.5. The Morgan fingerprint density at radius 3 is 2.05 bits per heavy atom. The lowest BCUT2D eigenvalue weighted by Gasteiger charge is -2.09. The van der Waals surface area contributed by atoms with Crippen molar-refractivity contribution in [3.8, 4) is 22.6 Å². The van der Waals surface area contributed by atoms with Gasteiger partial charge in [-0.2, -0.15) is 0 Å². The van der Waals surface area contributed by atoms with E-state index in [1.165, 1.54) is 37.8 Å². The van der Waals surface area contributed by atoms with Crippen LogP contribution in [-0.4, -0.2) is 25.2 Å². The largest absolute Gasteiger partial charge is 0.494 e. The van der Waals surface area contributed by atoms with Crippen molar-refractivity contribution in [1.29, 1.82) is 0 Å². The molecule has 0 aliphatic rings. The normalized spacial score (nSPS) is 10.7. The van der Waals surface area contributed by atoms with Gasteiger partial charge in [0.05, 0.1) is 18.8 Å². The average molecular weight is 575 g/mol. The van der Waals surface area contributed by atoms with Gasteiger partial charge in [-0.1, -0.05) is 75.9 Å². The number of benzene rings is 3. The van der Waals surface area contributed by atoms with Crippen LogP contribution in [0.4, 0.5) is 4.39 Å². The maximum absolute atomic E-state index is 14.6. The molecule has 3 rings (SSSR count). The summed E-state index contributed by atoms with van der Waals surface area (Å²) >= 11 is 0. The summed E-state index contributed by atoms with van der Waals surface area (Å²) in [5, 5.41) is 0. The van der Waals surface area contributed by atoms with Crippen LogP contribution in [0.15, 0.2) is 79.4 Å². The quantitative estimate of drug-likeness (QED) is 0.0618. The zero-order valence-electron chi connectivity index (χ0n) is 24.7. The summed E-state index contributed by atoms with van der Waals surface area (Å²) in [6.07, 6.45) is 12.8. The van der Waals surface area contributed by atoms with Gasteiger partial charge < -0.3 is 14.2 Å².